The van der Waals surface area contributed by atoms with Crippen LogP contribution in [0, 0.1) is 5.41 Å². The predicted octanol–water partition coefficient (Wildman–Crippen LogP) is 0.284. The molecule has 4 N–H and O–H groups in total. The van der Waals surface area contributed by atoms with Gasteiger partial charge >= 0.3 is 0 Å². The standard InChI is InChI=1S/C8H13F2N3O2/c9-5(10)4-12-7(14)8(2-1-3-8)6(11)13-15/h5,15H,1-4H2,(H2,11,13)(H,12,14). The monoisotopic (exact) mass is 221 g/mol. The van der Waals surface area contributed by atoms with E-state index in [2.05, 4.69) is 10.5 Å². The molecule has 0 aliphatic heterocycles. The van der Waals surface area contributed by atoms with Gasteiger partial charge in [-0.3, -0.25) is 4.79 Å². The van der Waals surface area contributed by atoms with E-state index in [4.69, 9.17) is 10.9 Å². The van der Waals surface area contributed by atoms with Gasteiger partial charge in [-0.05, 0) is 12.8 Å². The van der Waals surface area contributed by atoms with Crippen molar-refractivity contribution in [3.05, 3.63) is 0 Å². The molecular weight excluding hydrogens is 208 g/mol. The lowest BCUT2D eigenvalue weighted by Gasteiger charge is -2.38. The molecular formula is C8H13F2N3O2. The van der Waals surface area contributed by atoms with Crippen molar-refractivity contribution in [2.24, 2.45) is 16.3 Å². The highest BCUT2D eigenvalue weighted by Crippen LogP contribution is 2.41. The van der Waals surface area contributed by atoms with E-state index < -0.39 is 24.3 Å². The first kappa shape index (κ1) is 11.7. The number of nitrogens with two attached hydrogens (primary N) is 1. The number of amidine groups is 1. The number of amides is 1. The number of nitrogens with zero attached hydrogens (tertiary/aromatic N) is 1. The number of nitrogens with one attached hydrogen (secondary N) is 1. The van der Waals surface area contributed by atoms with Crippen molar-refractivity contribution in [3.8, 4) is 0 Å². The molecule has 1 saturated carbocycles. The first-order valence-corrected chi connectivity index (χ1v) is 4.57. The maximum Gasteiger partial charge on any atom is 0.255 e. The molecule has 0 spiro atoms. The summed E-state index contributed by atoms with van der Waals surface area (Å²) in [5.74, 6) is -0.801. The van der Waals surface area contributed by atoms with Crippen LogP contribution in [0.1, 0.15) is 19.3 Å². The van der Waals surface area contributed by atoms with E-state index in [-0.39, 0.29) is 5.84 Å². The summed E-state index contributed by atoms with van der Waals surface area (Å²) in [4.78, 5) is 11.5. The van der Waals surface area contributed by atoms with E-state index in [1.807, 2.05) is 0 Å². The number of carbonyl (C=O) groups excluding carboxylic acids is 1. The predicted molar refractivity (Wildman–Crippen MR) is 48.7 cm³/mol. The number of hydrogen-bond acceptors (Lipinski definition) is 3. The number of carbonyl (C=O) groups is 1. The molecule has 0 unspecified atom stereocenters. The molecule has 0 radical (unpaired) electrons. The lowest BCUT2D eigenvalue weighted by molar-refractivity contribution is -0.131. The summed E-state index contributed by atoms with van der Waals surface area (Å²) in [7, 11) is 0. The van der Waals surface area contributed by atoms with E-state index in [0.717, 1.165) is 6.42 Å². The zero-order valence-electron chi connectivity index (χ0n) is 8.04. The Morgan fingerprint density at radius 2 is 2.20 bits per heavy atom. The second kappa shape index (κ2) is 4.41. The highest BCUT2D eigenvalue weighted by atomic mass is 19.3. The van der Waals surface area contributed by atoms with Gasteiger partial charge in [0, 0.05) is 0 Å². The van der Waals surface area contributed by atoms with Gasteiger partial charge in [0.15, 0.2) is 5.84 Å². The average Bonchev–Trinajstić information content (AvgIpc) is 2.12. The summed E-state index contributed by atoms with van der Waals surface area (Å²) < 4.78 is 23.7. The molecule has 15 heavy (non-hydrogen) atoms. The summed E-state index contributed by atoms with van der Waals surface area (Å²) in [5, 5.41) is 13.4. The van der Waals surface area contributed by atoms with Crippen molar-refractivity contribution >= 4 is 11.7 Å². The molecule has 0 heterocycles. The fourth-order valence-electron chi connectivity index (χ4n) is 1.56. The average molecular weight is 221 g/mol. The normalized spacial score (nSPS) is 19.8. The van der Waals surface area contributed by atoms with Crippen molar-refractivity contribution in [2.75, 3.05) is 6.54 Å². The summed E-state index contributed by atoms with van der Waals surface area (Å²) in [6, 6.07) is 0. The van der Waals surface area contributed by atoms with Crippen LogP contribution in [-0.4, -0.2) is 29.9 Å². The maximum atomic E-state index is 11.9. The van der Waals surface area contributed by atoms with Crippen LogP contribution in [0.2, 0.25) is 0 Å². The van der Waals surface area contributed by atoms with Gasteiger partial charge in [-0.2, -0.15) is 0 Å². The van der Waals surface area contributed by atoms with Gasteiger partial charge in [0.05, 0.1) is 6.54 Å². The third-order valence-electron chi connectivity index (χ3n) is 2.66. The van der Waals surface area contributed by atoms with Crippen molar-refractivity contribution in [2.45, 2.75) is 25.7 Å². The molecule has 1 aliphatic carbocycles. The van der Waals surface area contributed by atoms with Crippen LogP contribution in [-0.2, 0) is 4.79 Å². The van der Waals surface area contributed by atoms with Crippen LogP contribution in [0.3, 0.4) is 0 Å². The molecule has 1 amide bonds. The van der Waals surface area contributed by atoms with Gasteiger partial charge in [-0.1, -0.05) is 11.6 Å². The molecule has 0 atom stereocenters. The fourth-order valence-corrected chi connectivity index (χ4v) is 1.56. The molecule has 0 aromatic rings. The van der Waals surface area contributed by atoms with E-state index in [9.17, 15) is 13.6 Å². The largest absolute Gasteiger partial charge is 0.409 e. The van der Waals surface area contributed by atoms with Crippen molar-refractivity contribution < 1.29 is 18.8 Å². The third kappa shape index (κ3) is 2.16. The second-order valence-electron chi connectivity index (χ2n) is 3.52. The van der Waals surface area contributed by atoms with E-state index in [0.29, 0.717) is 12.8 Å². The molecule has 1 rings (SSSR count). The minimum Gasteiger partial charge on any atom is -0.409 e. The van der Waals surface area contributed by atoms with Crippen molar-refractivity contribution in [1.82, 2.24) is 5.32 Å². The fraction of sp³-hybridized carbons (Fsp3) is 0.750. The van der Waals surface area contributed by atoms with E-state index >= 15 is 0 Å². The smallest absolute Gasteiger partial charge is 0.255 e. The van der Waals surface area contributed by atoms with Gasteiger partial charge in [0.2, 0.25) is 5.91 Å². The maximum absolute atomic E-state index is 11.9. The molecule has 0 aromatic heterocycles. The molecule has 0 aromatic carbocycles. The highest BCUT2D eigenvalue weighted by molar-refractivity contribution is 6.07. The van der Waals surface area contributed by atoms with Gasteiger partial charge in [0.1, 0.15) is 5.41 Å². The number of hydrogen-bond donors (Lipinski definition) is 3. The molecule has 0 saturated heterocycles. The molecule has 86 valence electrons. The molecule has 1 fully saturated rings. The zero-order chi connectivity index (χ0) is 11.5. The van der Waals surface area contributed by atoms with Gasteiger partial charge in [0.25, 0.3) is 6.43 Å². The van der Waals surface area contributed by atoms with Crippen LogP contribution in [0.4, 0.5) is 8.78 Å². The molecule has 5 nitrogen and oxygen atoms in total. The van der Waals surface area contributed by atoms with Gasteiger partial charge in [-0.25, -0.2) is 8.78 Å². The quantitative estimate of drug-likeness (QED) is 0.276. The minimum absolute atomic E-state index is 0.208. The first-order valence-electron chi connectivity index (χ1n) is 4.57. The van der Waals surface area contributed by atoms with E-state index in [1.165, 1.54) is 0 Å². The summed E-state index contributed by atoms with van der Waals surface area (Å²) in [5.41, 5.74) is 4.29. The Morgan fingerprint density at radius 1 is 1.60 bits per heavy atom. The van der Waals surface area contributed by atoms with Crippen LogP contribution in [0.5, 0.6) is 0 Å². The summed E-state index contributed by atoms with van der Waals surface area (Å²) >= 11 is 0. The Bertz CT molecular complexity index is 277. The van der Waals surface area contributed by atoms with Crippen LogP contribution >= 0.6 is 0 Å². The second-order valence-corrected chi connectivity index (χ2v) is 3.52. The molecule has 0 bridgehead atoms. The number of oxime groups is 1. The van der Waals surface area contributed by atoms with Crippen LogP contribution in [0.25, 0.3) is 0 Å². The molecule has 1 aliphatic rings. The Hall–Kier alpha value is -1.40. The Balaban J connectivity index is 2.62. The van der Waals surface area contributed by atoms with E-state index in [1.54, 1.807) is 0 Å². The van der Waals surface area contributed by atoms with Crippen molar-refractivity contribution in [3.63, 3.8) is 0 Å². The van der Waals surface area contributed by atoms with Gasteiger partial charge in [-0.15, -0.1) is 0 Å². The van der Waals surface area contributed by atoms with Gasteiger partial charge < -0.3 is 16.3 Å². The zero-order valence-corrected chi connectivity index (χ0v) is 8.04. The number of alkyl halides is 2. The summed E-state index contributed by atoms with van der Waals surface area (Å²) in [6.45, 7) is -0.709. The topological polar surface area (TPSA) is 87.7 Å². The lowest BCUT2D eigenvalue weighted by Crippen LogP contribution is -2.54. The lowest BCUT2D eigenvalue weighted by atomic mass is 9.67. The third-order valence-corrected chi connectivity index (χ3v) is 2.66. The van der Waals surface area contributed by atoms with Crippen LogP contribution < -0.4 is 11.1 Å². The Morgan fingerprint density at radius 3 is 2.53 bits per heavy atom. The highest BCUT2D eigenvalue weighted by Gasteiger charge is 2.48. The Labute approximate surface area is 85.3 Å². The number of rotatable bonds is 4. The minimum atomic E-state index is -2.60. The van der Waals surface area contributed by atoms with Crippen molar-refractivity contribution in [1.29, 1.82) is 0 Å². The van der Waals surface area contributed by atoms with Crippen LogP contribution in [0.15, 0.2) is 5.16 Å². The summed E-state index contributed by atoms with van der Waals surface area (Å²) in [6.07, 6.45) is -0.979. The SMILES string of the molecule is NC(=NO)C1(C(=O)NCC(F)F)CCC1. The number of halogens is 2. The Kier molecular flexibility index (Phi) is 3.43. The molecule has 7 heteroatoms. The first-order chi connectivity index (χ1) is 7.03.